The predicted molar refractivity (Wildman–Crippen MR) is 71.1 cm³/mol. The summed E-state index contributed by atoms with van der Waals surface area (Å²) in [6.45, 7) is 0. The molecule has 0 fully saturated rings. The average Bonchev–Trinajstić information content (AvgIpc) is 2.19. The van der Waals surface area contributed by atoms with Gasteiger partial charge in [0.05, 0.1) is 5.38 Å². The molecule has 2 unspecified atom stereocenters. The molecule has 17 heavy (non-hydrogen) atoms. The Bertz CT molecular complexity index is 503. The van der Waals surface area contributed by atoms with Crippen LogP contribution in [0.15, 0.2) is 18.2 Å². The predicted octanol–water partition coefficient (Wildman–Crippen LogP) is 3.77. The van der Waals surface area contributed by atoms with Crippen molar-refractivity contribution in [1.29, 1.82) is 0 Å². The van der Waals surface area contributed by atoms with E-state index in [-0.39, 0.29) is 16.5 Å². The third-order valence-electron chi connectivity index (χ3n) is 2.07. The van der Waals surface area contributed by atoms with Crippen LogP contribution in [0.25, 0.3) is 0 Å². The first-order chi connectivity index (χ1) is 7.77. The normalized spacial score (nSPS) is 15.6. The Kier molecular flexibility index (Phi) is 5.38. The van der Waals surface area contributed by atoms with Gasteiger partial charge in [-0.2, -0.15) is 8.42 Å². The van der Waals surface area contributed by atoms with Gasteiger partial charge in [0.15, 0.2) is 0 Å². The number of alkyl halides is 2. The Morgan fingerprint density at radius 3 is 2.29 bits per heavy atom. The first-order valence-electron chi connectivity index (χ1n) is 4.38. The summed E-state index contributed by atoms with van der Waals surface area (Å²) in [5, 5.41) is -1.92. The highest BCUT2D eigenvalue weighted by atomic mass is 35.5. The number of hydrogen-bond acceptors (Lipinski definition) is 2. The lowest BCUT2D eigenvalue weighted by Gasteiger charge is -2.19. The summed E-state index contributed by atoms with van der Waals surface area (Å²) in [6.07, 6.45) is 0. The van der Waals surface area contributed by atoms with Crippen molar-refractivity contribution in [2.75, 3.05) is 5.88 Å². The quantitative estimate of drug-likeness (QED) is 0.672. The molecule has 0 aliphatic carbocycles. The minimum absolute atomic E-state index is 0.107. The van der Waals surface area contributed by atoms with Crippen LogP contribution in [0, 0.1) is 0 Å². The highest BCUT2D eigenvalue weighted by molar-refractivity contribution is 7.86. The SMILES string of the molecule is O=S(=O)(O)C(c1ccc(Cl)cc1Cl)C(Cl)CCl. The summed E-state index contributed by atoms with van der Waals surface area (Å²) >= 11 is 22.9. The first-order valence-corrected chi connectivity index (χ1v) is 7.61. The van der Waals surface area contributed by atoms with Crippen molar-refractivity contribution in [2.24, 2.45) is 0 Å². The van der Waals surface area contributed by atoms with Gasteiger partial charge in [0.1, 0.15) is 5.25 Å². The van der Waals surface area contributed by atoms with Crippen molar-refractivity contribution < 1.29 is 13.0 Å². The number of benzene rings is 1. The molecule has 1 rings (SSSR count). The van der Waals surface area contributed by atoms with Crippen molar-refractivity contribution in [1.82, 2.24) is 0 Å². The van der Waals surface area contributed by atoms with Gasteiger partial charge < -0.3 is 0 Å². The molecule has 0 aromatic heterocycles. The van der Waals surface area contributed by atoms with Gasteiger partial charge in [0.25, 0.3) is 10.1 Å². The second kappa shape index (κ2) is 5.95. The van der Waals surface area contributed by atoms with Crippen LogP contribution in [0.4, 0.5) is 0 Å². The molecule has 8 heteroatoms. The minimum Gasteiger partial charge on any atom is -0.285 e. The van der Waals surface area contributed by atoms with Gasteiger partial charge in [-0.15, -0.1) is 23.2 Å². The Labute approximate surface area is 119 Å². The minimum atomic E-state index is -4.41. The van der Waals surface area contributed by atoms with Crippen molar-refractivity contribution >= 4 is 56.5 Å². The van der Waals surface area contributed by atoms with Gasteiger partial charge in [-0.3, -0.25) is 4.55 Å². The zero-order chi connectivity index (χ0) is 13.2. The Balaban J connectivity index is 3.33. The third-order valence-corrected chi connectivity index (χ3v) is 4.90. The lowest BCUT2D eigenvalue weighted by Crippen LogP contribution is -2.23. The van der Waals surface area contributed by atoms with E-state index in [1.807, 2.05) is 0 Å². The topological polar surface area (TPSA) is 54.4 Å². The van der Waals surface area contributed by atoms with E-state index in [2.05, 4.69) is 0 Å². The maximum absolute atomic E-state index is 11.3. The summed E-state index contributed by atoms with van der Waals surface area (Å²) in [5.74, 6) is -0.148. The summed E-state index contributed by atoms with van der Waals surface area (Å²) in [7, 11) is -4.41. The standard InChI is InChI=1S/C9H8Cl4O3S/c10-4-8(13)9(17(14,15)16)6-2-1-5(11)3-7(6)12/h1-3,8-9H,4H2,(H,14,15,16). The molecule has 0 saturated heterocycles. The molecule has 3 nitrogen and oxygen atoms in total. The van der Waals surface area contributed by atoms with E-state index >= 15 is 0 Å². The summed E-state index contributed by atoms with van der Waals surface area (Å²) in [4.78, 5) is 0. The van der Waals surface area contributed by atoms with Gasteiger partial charge in [-0.25, -0.2) is 0 Å². The lowest BCUT2D eigenvalue weighted by atomic mass is 10.1. The van der Waals surface area contributed by atoms with Crippen LogP contribution in [0.2, 0.25) is 10.0 Å². The van der Waals surface area contributed by atoms with Crippen LogP contribution < -0.4 is 0 Å². The van der Waals surface area contributed by atoms with Crippen LogP contribution in [0.3, 0.4) is 0 Å². The van der Waals surface area contributed by atoms with Gasteiger partial charge in [-0.1, -0.05) is 29.3 Å². The van der Waals surface area contributed by atoms with Crippen LogP contribution in [0.1, 0.15) is 10.8 Å². The van der Waals surface area contributed by atoms with E-state index in [1.165, 1.54) is 18.2 Å². The number of rotatable bonds is 4. The molecule has 0 bridgehead atoms. The van der Waals surface area contributed by atoms with Gasteiger partial charge in [0, 0.05) is 15.9 Å². The number of hydrogen-bond donors (Lipinski definition) is 1. The molecule has 0 saturated carbocycles. The number of halogens is 4. The molecule has 0 aliphatic heterocycles. The van der Waals surface area contributed by atoms with Crippen molar-refractivity contribution in [3.8, 4) is 0 Å². The molecular weight excluding hydrogens is 330 g/mol. The maximum atomic E-state index is 11.3. The van der Waals surface area contributed by atoms with Crippen LogP contribution in [-0.2, 0) is 10.1 Å². The fourth-order valence-corrected chi connectivity index (χ4v) is 3.75. The molecule has 1 N–H and O–H groups in total. The largest absolute Gasteiger partial charge is 0.285 e. The maximum Gasteiger partial charge on any atom is 0.273 e. The first kappa shape index (κ1) is 15.3. The Hall–Kier alpha value is 0.290. The fraction of sp³-hybridized carbons (Fsp3) is 0.333. The van der Waals surface area contributed by atoms with E-state index in [0.29, 0.717) is 5.02 Å². The zero-order valence-corrected chi connectivity index (χ0v) is 12.1. The average molecular weight is 338 g/mol. The van der Waals surface area contributed by atoms with Crippen LogP contribution >= 0.6 is 46.4 Å². The van der Waals surface area contributed by atoms with Crippen molar-refractivity contribution in [2.45, 2.75) is 10.6 Å². The van der Waals surface area contributed by atoms with Crippen molar-refractivity contribution in [3.63, 3.8) is 0 Å². The van der Waals surface area contributed by atoms with E-state index in [9.17, 15) is 8.42 Å². The summed E-state index contributed by atoms with van der Waals surface area (Å²) in [6, 6.07) is 4.22. The van der Waals surface area contributed by atoms with E-state index in [4.69, 9.17) is 51.0 Å². The van der Waals surface area contributed by atoms with Crippen LogP contribution in [-0.4, -0.2) is 24.2 Å². The molecule has 0 aliphatic rings. The van der Waals surface area contributed by atoms with Gasteiger partial charge in [0.2, 0.25) is 0 Å². The van der Waals surface area contributed by atoms with Crippen molar-refractivity contribution in [3.05, 3.63) is 33.8 Å². The summed E-state index contributed by atoms with van der Waals surface area (Å²) in [5.41, 5.74) is 0.166. The smallest absolute Gasteiger partial charge is 0.273 e. The molecule has 0 radical (unpaired) electrons. The zero-order valence-electron chi connectivity index (χ0n) is 8.28. The molecule has 1 aromatic carbocycles. The van der Waals surface area contributed by atoms with E-state index in [1.54, 1.807) is 0 Å². The molecule has 2 atom stereocenters. The third kappa shape index (κ3) is 3.88. The molecule has 0 spiro atoms. The fourth-order valence-electron chi connectivity index (χ4n) is 1.36. The van der Waals surface area contributed by atoms with Gasteiger partial charge in [-0.05, 0) is 17.7 Å². The molecule has 1 aromatic rings. The second-order valence-electron chi connectivity index (χ2n) is 3.27. The molecule has 0 amide bonds. The molecule has 0 heterocycles. The van der Waals surface area contributed by atoms with Gasteiger partial charge >= 0.3 is 0 Å². The Morgan fingerprint density at radius 2 is 1.88 bits per heavy atom. The van der Waals surface area contributed by atoms with E-state index in [0.717, 1.165) is 0 Å². The Morgan fingerprint density at radius 1 is 1.29 bits per heavy atom. The lowest BCUT2D eigenvalue weighted by molar-refractivity contribution is 0.467. The monoisotopic (exact) mass is 336 g/mol. The van der Waals surface area contributed by atoms with Crippen LogP contribution in [0.5, 0.6) is 0 Å². The second-order valence-corrected chi connectivity index (χ2v) is 6.52. The molecule has 96 valence electrons. The van der Waals surface area contributed by atoms with E-state index < -0.39 is 20.7 Å². The summed E-state index contributed by atoms with van der Waals surface area (Å²) < 4.78 is 31.7. The highest BCUT2D eigenvalue weighted by Gasteiger charge is 2.33. The molecular formula is C9H8Cl4O3S. The highest BCUT2D eigenvalue weighted by Crippen LogP contribution is 2.35.